The molecular formula is C27H25N3O4S. The predicted octanol–water partition coefficient (Wildman–Crippen LogP) is 4.64. The first-order valence-corrected chi connectivity index (χ1v) is 12.3. The molecule has 2 heterocycles. The van der Waals surface area contributed by atoms with E-state index in [0.717, 1.165) is 11.1 Å². The maximum atomic E-state index is 13.4. The number of nitrogens with zero attached hydrogens (tertiary/aromatic N) is 2. The molecule has 8 heteroatoms. The monoisotopic (exact) mass is 487 g/mol. The minimum atomic E-state index is -0.500. The summed E-state index contributed by atoms with van der Waals surface area (Å²) in [6.07, 6.45) is 0. The summed E-state index contributed by atoms with van der Waals surface area (Å²) in [4.78, 5) is 31.2. The fourth-order valence-electron chi connectivity index (χ4n) is 3.83. The fraction of sp³-hybridized carbons (Fsp3) is 0.222. The molecule has 1 N–H and O–H groups in total. The molecule has 4 aromatic rings. The second-order valence-corrected chi connectivity index (χ2v) is 9.70. The van der Waals surface area contributed by atoms with Gasteiger partial charge < -0.3 is 14.8 Å². The maximum absolute atomic E-state index is 13.4. The zero-order chi connectivity index (χ0) is 24.4. The summed E-state index contributed by atoms with van der Waals surface area (Å²) in [6.45, 7) is 5.18. The van der Waals surface area contributed by atoms with Crippen LogP contribution in [0.4, 0.5) is 5.69 Å². The van der Waals surface area contributed by atoms with Gasteiger partial charge in [-0.2, -0.15) is 0 Å². The minimum absolute atomic E-state index is 0.127. The van der Waals surface area contributed by atoms with Gasteiger partial charge in [-0.1, -0.05) is 53.7 Å². The van der Waals surface area contributed by atoms with Crippen LogP contribution in [0.1, 0.15) is 18.1 Å². The van der Waals surface area contributed by atoms with Crippen LogP contribution in [-0.4, -0.2) is 33.9 Å². The Morgan fingerprint density at radius 2 is 1.80 bits per heavy atom. The molecule has 0 saturated carbocycles. The smallest absolute Gasteiger partial charge is 0.262 e. The van der Waals surface area contributed by atoms with Crippen LogP contribution in [0.25, 0.3) is 10.9 Å². The summed E-state index contributed by atoms with van der Waals surface area (Å²) in [5.74, 6) is 1.07. The first-order chi connectivity index (χ1) is 17.0. The third-order valence-corrected chi connectivity index (χ3v) is 6.84. The van der Waals surface area contributed by atoms with Crippen molar-refractivity contribution >= 4 is 34.3 Å². The lowest BCUT2D eigenvalue weighted by molar-refractivity contribution is -0.115. The number of nitrogens with one attached hydrogen (secondary N) is 1. The normalized spacial score (nSPS) is 13.4. The fourth-order valence-corrected chi connectivity index (χ4v) is 4.74. The van der Waals surface area contributed by atoms with E-state index in [1.54, 1.807) is 35.8 Å². The highest BCUT2D eigenvalue weighted by Crippen LogP contribution is 2.33. The number of aryl methyl sites for hydroxylation is 1. The molecule has 1 aliphatic heterocycles. The van der Waals surface area contributed by atoms with E-state index in [4.69, 9.17) is 14.5 Å². The number of benzene rings is 3. The molecule has 5 rings (SSSR count). The van der Waals surface area contributed by atoms with E-state index in [9.17, 15) is 9.59 Å². The molecule has 35 heavy (non-hydrogen) atoms. The molecule has 1 unspecified atom stereocenters. The Hall–Kier alpha value is -3.78. The lowest BCUT2D eigenvalue weighted by Gasteiger charge is -2.20. The molecule has 178 valence electrons. The summed E-state index contributed by atoms with van der Waals surface area (Å²) in [6, 6.07) is 20.6. The number of rotatable bonds is 6. The number of ether oxygens (including phenoxy) is 2. The van der Waals surface area contributed by atoms with Crippen molar-refractivity contribution in [2.75, 3.05) is 18.5 Å². The van der Waals surface area contributed by atoms with Gasteiger partial charge in [0.05, 0.1) is 22.7 Å². The van der Waals surface area contributed by atoms with Crippen LogP contribution in [0.2, 0.25) is 0 Å². The number of fused-ring (bicyclic) bond motifs is 2. The Kier molecular flexibility index (Phi) is 6.46. The van der Waals surface area contributed by atoms with Crippen molar-refractivity contribution in [1.29, 1.82) is 0 Å². The van der Waals surface area contributed by atoms with Crippen LogP contribution in [0.15, 0.2) is 76.7 Å². The van der Waals surface area contributed by atoms with E-state index in [0.29, 0.717) is 53.0 Å². The molecule has 0 fully saturated rings. The Balaban J connectivity index is 1.41. The second kappa shape index (κ2) is 9.84. The van der Waals surface area contributed by atoms with Gasteiger partial charge in [0.2, 0.25) is 5.91 Å². The largest absolute Gasteiger partial charge is 0.486 e. The zero-order valence-electron chi connectivity index (χ0n) is 19.5. The molecule has 1 aliphatic rings. The van der Waals surface area contributed by atoms with Gasteiger partial charge in [-0.05, 0) is 43.7 Å². The summed E-state index contributed by atoms with van der Waals surface area (Å²) in [7, 11) is 0. The number of carbonyl (C=O) groups excluding carboxylic acids is 1. The molecule has 1 amide bonds. The number of para-hydroxylation sites is 1. The molecule has 1 aromatic heterocycles. The minimum Gasteiger partial charge on any atom is -0.486 e. The molecule has 0 bridgehead atoms. The quantitative estimate of drug-likeness (QED) is 0.315. The van der Waals surface area contributed by atoms with E-state index < -0.39 is 5.25 Å². The van der Waals surface area contributed by atoms with E-state index in [-0.39, 0.29) is 11.5 Å². The molecule has 0 radical (unpaired) electrons. The van der Waals surface area contributed by atoms with Gasteiger partial charge in [0, 0.05) is 11.8 Å². The van der Waals surface area contributed by atoms with Crippen molar-refractivity contribution in [3.8, 4) is 11.5 Å². The Bertz CT molecular complexity index is 1450. The SMILES string of the molecule is Cc1ccc(Cn2c(SC(C)C(=O)Nc3ccc4c(c3)OCCO4)nc3ccccc3c2=O)cc1. The Morgan fingerprint density at radius 3 is 2.60 bits per heavy atom. The highest BCUT2D eigenvalue weighted by atomic mass is 32.2. The van der Waals surface area contributed by atoms with Crippen molar-refractivity contribution < 1.29 is 14.3 Å². The first-order valence-electron chi connectivity index (χ1n) is 11.4. The van der Waals surface area contributed by atoms with Crippen molar-refractivity contribution in [3.63, 3.8) is 0 Å². The van der Waals surface area contributed by atoms with Gasteiger partial charge in [0.1, 0.15) is 13.2 Å². The van der Waals surface area contributed by atoms with Crippen LogP contribution < -0.4 is 20.3 Å². The highest BCUT2D eigenvalue weighted by molar-refractivity contribution is 8.00. The number of hydrogen-bond donors (Lipinski definition) is 1. The van der Waals surface area contributed by atoms with Gasteiger partial charge in [-0.3, -0.25) is 14.2 Å². The average Bonchev–Trinajstić information content (AvgIpc) is 2.87. The molecule has 0 spiro atoms. The number of carbonyl (C=O) groups is 1. The lowest BCUT2D eigenvalue weighted by Crippen LogP contribution is -2.27. The van der Waals surface area contributed by atoms with E-state index in [1.807, 2.05) is 49.4 Å². The van der Waals surface area contributed by atoms with Crippen molar-refractivity contribution in [3.05, 3.63) is 88.2 Å². The second-order valence-electron chi connectivity index (χ2n) is 8.40. The van der Waals surface area contributed by atoms with Crippen LogP contribution >= 0.6 is 11.8 Å². The Labute approximate surface area is 207 Å². The summed E-state index contributed by atoms with van der Waals surface area (Å²) >= 11 is 1.26. The average molecular weight is 488 g/mol. The zero-order valence-corrected chi connectivity index (χ0v) is 20.3. The van der Waals surface area contributed by atoms with Crippen molar-refractivity contribution in [2.24, 2.45) is 0 Å². The summed E-state index contributed by atoms with van der Waals surface area (Å²) < 4.78 is 12.8. The van der Waals surface area contributed by atoms with Crippen molar-refractivity contribution in [2.45, 2.75) is 30.8 Å². The van der Waals surface area contributed by atoms with Gasteiger partial charge in [0.15, 0.2) is 16.7 Å². The number of thioether (sulfide) groups is 1. The Morgan fingerprint density at radius 1 is 1.06 bits per heavy atom. The van der Waals surface area contributed by atoms with Crippen LogP contribution in [0.3, 0.4) is 0 Å². The predicted molar refractivity (Wildman–Crippen MR) is 138 cm³/mol. The number of anilines is 1. The van der Waals surface area contributed by atoms with E-state index in [2.05, 4.69) is 5.32 Å². The number of hydrogen-bond acceptors (Lipinski definition) is 6. The highest BCUT2D eigenvalue weighted by Gasteiger charge is 2.21. The molecule has 1 atom stereocenters. The molecule has 3 aromatic carbocycles. The topological polar surface area (TPSA) is 82.5 Å². The van der Waals surface area contributed by atoms with Gasteiger partial charge in [-0.15, -0.1) is 0 Å². The van der Waals surface area contributed by atoms with Gasteiger partial charge in [-0.25, -0.2) is 4.98 Å². The maximum Gasteiger partial charge on any atom is 0.262 e. The summed E-state index contributed by atoms with van der Waals surface area (Å²) in [5.41, 5.74) is 3.25. The molecule has 7 nitrogen and oxygen atoms in total. The number of amides is 1. The van der Waals surface area contributed by atoms with Crippen molar-refractivity contribution in [1.82, 2.24) is 9.55 Å². The van der Waals surface area contributed by atoms with Crippen LogP contribution in [-0.2, 0) is 11.3 Å². The summed E-state index contributed by atoms with van der Waals surface area (Å²) in [5, 5.41) is 3.48. The van der Waals surface area contributed by atoms with Crippen LogP contribution in [0, 0.1) is 6.92 Å². The van der Waals surface area contributed by atoms with Crippen LogP contribution in [0.5, 0.6) is 11.5 Å². The number of aromatic nitrogens is 2. The molecule has 0 saturated heterocycles. The lowest BCUT2D eigenvalue weighted by atomic mass is 10.1. The van der Waals surface area contributed by atoms with Gasteiger partial charge in [0.25, 0.3) is 5.56 Å². The standard InChI is InChI=1S/C27H25N3O4S/c1-17-7-9-19(10-8-17)16-30-26(32)21-5-3-4-6-22(21)29-27(30)35-18(2)25(31)28-20-11-12-23-24(15-20)34-14-13-33-23/h3-12,15,18H,13-14,16H2,1-2H3,(H,28,31). The molecular weight excluding hydrogens is 462 g/mol. The third-order valence-electron chi connectivity index (χ3n) is 5.75. The molecule has 0 aliphatic carbocycles. The van der Waals surface area contributed by atoms with E-state index >= 15 is 0 Å². The van der Waals surface area contributed by atoms with Gasteiger partial charge >= 0.3 is 0 Å². The van der Waals surface area contributed by atoms with E-state index in [1.165, 1.54) is 11.8 Å². The third kappa shape index (κ3) is 5.02. The first kappa shape index (κ1) is 23.0.